The monoisotopic (exact) mass is 413 g/mol. The van der Waals surface area contributed by atoms with Gasteiger partial charge >= 0.3 is 6.36 Å². The maximum atomic E-state index is 12.8. The standard InChI is InChI=1S/C21H14F3N3O3/c22-21(23,24)29-16-10-8-15(9-11-16)18-25-19(30-26-18)17-7-4-12-27(20(17)28)13-14-5-2-1-3-6-14/h1-12H,13H2. The second-order valence-electron chi connectivity index (χ2n) is 6.34. The van der Waals surface area contributed by atoms with Crippen molar-refractivity contribution in [3.63, 3.8) is 0 Å². The molecule has 0 spiro atoms. The highest BCUT2D eigenvalue weighted by Gasteiger charge is 2.31. The summed E-state index contributed by atoms with van der Waals surface area (Å²) in [4.78, 5) is 17.0. The zero-order chi connectivity index (χ0) is 21.1. The van der Waals surface area contributed by atoms with E-state index in [0.717, 1.165) is 17.7 Å². The summed E-state index contributed by atoms with van der Waals surface area (Å²) < 4.78 is 47.4. The summed E-state index contributed by atoms with van der Waals surface area (Å²) in [5.74, 6) is -0.198. The molecule has 0 fully saturated rings. The van der Waals surface area contributed by atoms with Crippen LogP contribution >= 0.6 is 0 Å². The molecule has 2 aromatic carbocycles. The first kappa shape index (κ1) is 19.4. The predicted octanol–water partition coefficient (Wildman–Crippen LogP) is 4.51. The van der Waals surface area contributed by atoms with Gasteiger partial charge in [0.05, 0.1) is 6.54 Å². The third-order valence-electron chi connectivity index (χ3n) is 4.22. The highest BCUT2D eigenvalue weighted by Crippen LogP contribution is 2.26. The number of hydrogen-bond donors (Lipinski definition) is 0. The van der Waals surface area contributed by atoms with Gasteiger partial charge in [0.15, 0.2) is 0 Å². The maximum absolute atomic E-state index is 12.8. The number of nitrogens with zero attached hydrogens (tertiary/aromatic N) is 3. The molecule has 4 rings (SSSR count). The lowest BCUT2D eigenvalue weighted by Crippen LogP contribution is -2.21. The maximum Gasteiger partial charge on any atom is 0.573 e. The molecule has 0 amide bonds. The van der Waals surface area contributed by atoms with Crippen LogP contribution in [-0.2, 0) is 6.54 Å². The lowest BCUT2D eigenvalue weighted by atomic mass is 10.2. The quantitative estimate of drug-likeness (QED) is 0.481. The summed E-state index contributed by atoms with van der Waals surface area (Å²) in [6.07, 6.45) is -3.11. The molecule has 30 heavy (non-hydrogen) atoms. The van der Waals surface area contributed by atoms with E-state index in [1.54, 1.807) is 18.3 Å². The SMILES string of the molecule is O=c1c(-c2nc(-c3ccc(OC(F)(F)F)cc3)no2)cccn1Cc1ccccc1. The van der Waals surface area contributed by atoms with Crippen LogP contribution < -0.4 is 10.3 Å². The molecule has 0 radical (unpaired) electrons. The fourth-order valence-electron chi connectivity index (χ4n) is 2.86. The molecule has 9 heteroatoms. The van der Waals surface area contributed by atoms with Crippen molar-refractivity contribution in [3.05, 3.63) is 88.8 Å². The zero-order valence-corrected chi connectivity index (χ0v) is 15.3. The summed E-state index contributed by atoms with van der Waals surface area (Å²) in [5, 5.41) is 3.82. The van der Waals surface area contributed by atoms with Crippen LogP contribution in [0, 0.1) is 0 Å². The van der Waals surface area contributed by atoms with Gasteiger partial charge in [-0.2, -0.15) is 4.98 Å². The van der Waals surface area contributed by atoms with Crippen LogP contribution in [-0.4, -0.2) is 21.1 Å². The van der Waals surface area contributed by atoms with Gasteiger partial charge in [-0.3, -0.25) is 4.79 Å². The van der Waals surface area contributed by atoms with E-state index in [2.05, 4.69) is 14.9 Å². The average molecular weight is 413 g/mol. The van der Waals surface area contributed by atoms with Crippen molar-refractivity contribution in [2.45, 2.75) is 12.9 Å². The van der Waals surface area contributed by atoms with Crippen molar-refractivity contribution < 1.29 is 22.4 Å². The molecule has 0 aliphatic rings. The first-order chi connectivity index (χ1) is 14.4. The fourth-order valence-corrected chi connectivity index (χ4v) is 2.86. The Morgan fingerprint density at radius 3 is 2.40 bits per heavy atom. The molecule has 152 valence electrons. The van der Waals surface area contributed by atoms with E-state index >= 15 is 0 Å². The van der Waals surface area contributed by atoms with Crippen LogP contribution in [0.3, 0.4) is 0 Å². The molecule has 6 nitrogen and oxygen atoms in total. The van der Waals surface area contributed by atoms with Crippen molar-refractivity contribution in [2.75, 3.05) is 0 Å². The molecule has 2 aromatic heterocycles. The number of hydrogen-bond acceptors (Lipinski definition) is 5. The average Bonchev–Trinajstić information content (AvgIpc) is 3.20. The van der Waals surface area contributed by atoms with Gasteiger partial charge in [-0.05, 0) is 42.0 Å². The van der Waals surface area contributed by atoms with Crippen molar-refractivity contribution in [2.24, 2.45) is 0 Å². The third-order valence-corrected chi connectivity index (χ3v) is 4.22. The van der Waals surface area contributed by atoms with Gasteiger partial charge in [0, 0.05) is 11.8 Å². The van der Waals surface area contributed by atoms with Crippen molar-refractivity contribution >= 4 is 0 Å². The number of rotatable bonds is 5. The second kappa shape index (κ2) is 7.86. The van der Waals surface area contributed by atoms with E-state index in [1.807, 2.05) is 30.3 Å². The topological polar surface area (TPSA) is 70.2 Å². The molecule has 0 saturated heterocycles. The number of aromatic nitrogens is 3. The molecule has 0 N–H and O–H groups in total. The highest BCUT2D eigenvalue weighted by molar-refractivity contribution is 5.59. The van der Waals surface area contributed by atoms with Gasteiger partial charge in [-0.15, -0.1) is 13.2 Å². The Bertz CT molecular complexity index is 1200. The van der Waals surface area contributed by atoms with E-state index in [-0.39, 0.29) is 28.6 Å². The lowest BCUT2D eigenvalue weighted by molar-refractivity contribution is -0.274. The second-order valence-corrected chi connectivity index (χ2v) is 6.34. The minimum absolute atomic E-state index is 0.0213. The molecule has 0 unspecified atom stereocenters. The van der Waals surface area contributed by atoms with Gasteiger partial charge in [0.25, 0.3) is 11.4 Å². The summed E-state index contributed by atoms with van der Waals surface area (Å²) in [7, 11) is 0. The van der Waals surface area contributed by atoms with Gasteiger partial charge in [0.1, 0.15) is 11.3 Å². The Hall–Kier alpha value is -3.88. The predicted molar refractivity (Wildman–Crippen MR) is 102 cm³/mol. The Morgan fingerprint density at radius 1 is 0.967 bits per heavy atom. The molecule has 0 saturated carbocycles. The van der Waals surface area contributed by atoms with E-state index in [0.29, 0.717) is 12.1 Å². The Labute approximate surface area is 168 Å². The number of benzene rings is 2. The molecule has 0 aliphatic heterocycles. The number of halogens is 3. The van der Waals surface area contributed by atoms with Crippen LogP contribution in [0.15, 0.2) is 82.2 Å². The fraction of sp³-hybridized carbons (Fsp3) is 0.0952. The van der Waals surface area contributed by atoms with Crippen LogP contribution in [0.4, 0.5) is 13.2 Å². The Kier molecular flexibility index (Phi) is 5.09. The van der Waals surface area contributed by atoms with Crippen molar-refractivity contribution in [3.8, 4) is 28.6 Å². The van der Waals surface area contributed by atoms with Gasteiger partial charge < -0.3 is 13.8 Å². The van der Waals surface area contributed by atoms with Gasteiger partial charge in [-0.1, -0.05) is 35.5 Å². The van der Waals surface area contributed by atoms with Crippen molar-refractivity contribution in [1.29, 1.82) is 0 Å². The normalized spacial score (nSPS) is 11.4. The number of alkyl halides is 3. The van der Waals surface area contributed by atoms with Gasteiger partial charge in [-0.25, -0.2) is 0 Å². The van der Waals surface area contributed by atoms with E-state index in [1.165, 1.54) is 16.7 Å². The smallest absolute Gasteiger partial charge is 0.406 e. The summed E-state index contributed by atoms with van der Waals surface area (Å²) >= 11 is 0. The van der Waals surface area contributed by atoms with E-state index in [4.69, 9.17) is 4.52 Å². The summed E-state index contributed by atoms with van der Waals surface area (Å²) in [6, 6.07) is 17.8. The number of ether oxygens (including phenoxy) is 1. The van der Waals surface area contributed by atoms with Crippen LogP contribution in [0.25, 0.3) is 22.8 Å². The highest BCUT2D eigenvalue weighted by atomic mass is 19.4. The van der Waals surface area contributed by atoms with E-state index in [9.17, 15) is 18.0 Å². The van der Waals surface area contributed by atoms with Crippen LogP contribution in [0.5, 0.6) is 5.75 Å². The Balaban J connectivity index is 1.58. The summed E-state index contributed by atoms with van der Waals surface area (Å²) in [5.41, 5.74) is 1.30. The Morgan fingerprint density at radius 2 is 1.70 bits per heavy atom. The van der Waals surface area contributed by atoms with Crippen molar-refractivity contribution in [1.82, 2.24) is 14.7 Å². The van der Waals surface area contributed by atoms with E-state index < -0.39 is 6.36 Å². The molecule has 4 aromatic rings. The third kappa shape index (κ3) is 4.40. The number of pyridine rings is 1. The zero-order valence-electron chi connectivity index (χ0n) is 15.3. The molecule has 2 heterocycles. The lowest BCUT2D eigenvalue weighted by Gasteiger charge is -2.08. The minimum atomic E-state index is -4.77. The van der Waals surface area contributed by atoms with Crippen LogP contribution in [0.1, 0.15) is 5.56 Å². The van der Waals surface area contributed by atoms with Crippen LogP contribution in [0.2, 0.25) is 0 Å². The minimum Gasteiger partial charge on any atom is -0.406 e. The largest absolute Gasteiger partial charge is 0.573 e. The summed E-state index contributed by atoms with van der Waals surface area (Å²) in [6.45, 7) is 0.384. The first-order valence-electron chi connectivity index (χ1n) is 8.83. The van der Waals surface area contributed by atoms with Gasteiger partial charge in [0.2, 0.25) is 5.82 Å². The molecular formula is C21H14F3N3O3. The molecule has 0 aliphatic carbocycles. The first-order valence-corrected chi connectivity index (χ1v) is 8.83. The molecule has 0 atom stereocenters. The molecular weight excluding hydrogens is 399 g/mol. The molecule has 0 bridgehead atoms.